The average molecular weight is 265 g/mol. The minimum atomic E-state index is 0.409. The first-order valence-electron chi connectivity index (χ1n) is 6.10. The first kappa shape index (κ1) is 13.6. The molecule has 2 aromatic rings. The van der Waals surface area contributed by atoms with Gasteiger partial charge in [0.1, 0.15) is 12.1 Å². The number of rotatable bonds is 4. The molecule has 1 aromatic heterocycles. The van der Waals surface area contributed by atoms with Crippen LogP contribution in [0.3, 0.4) is 0 Å². The molecule has 0 unspecified atom stereocenters. The van der Waals surface area contributed by atoms with Crippen molar-refractivity contribution in [1.29, 1.82) is 5.26 Å². The molecule has 0 radical (unpaired) electrons. The fourth-order valence-corrected chi connectivity index (χ4v) is 1.80. The Kier molecular flexibility index (Phi) is 3.96. The second-order valence-electron chi connectivity index (χ2n) is 4.42. The highest BCUT2D eigenvalue weighted by atomic mass is 14.9. The van der Waals surface area contributed by atoms with Crippen LogP contribution in [-0.4, -0.2) is 9.97 Å². The monoisotopic (exact) mass is 265 g/mol. The molecular formula is C15H15N5. The first-order valence-corrected chi connectivity index (χ1v) is 6.10. The van der Waals surface area contributed by atoms with Gasteiger partial charge >= 0.3 is 0 Å². The summed E-state index contributed by atoms with van der Waals surface area (Å²) in [6, 6.07) is 9.53. The lowest BCUT2D eigenvalue weighted by Crippen LogP contribution is -2.12. The number of aromatic nitrogens is 2. The Bertz CT molecular complexity index is 685. The summed E-state index contributed by atoms with van der Waals surface area (Å²) in [5.41, 5.74) is 9.68. The molecule has 0 spiro atoms. The summed E-state index contributed by atoms with van der Waals surface area (Å²) in [6.45, 7) is 6.45. The molecule has 0 saturated heterocycles. The number of anilines is 1. The zero-order valence-electron chi connectivity index (χ0n) is 11.2. The van der Waals surface area contributed by atoms with Gasteiger partial charge < -0.3 is 11.1 Å². The molecule has 0 atom stereocenters. The quantitative estimate of drug-likeness (QED) is 0.882. The van der Waals surface area contributed by atoms with Gasteiger partial charge in [-0.2, -0.15) is 5.26 Å². The highest BCUT2D eigenvalue weighted by Crippen LogP contribution is 2.12. The first-order chi connectivity index (χ1) is 9.60. The lowest BCUT2D eigenvalue weighted by atomic mass is 10.1. The Labute approximate surface area is 117 Å². The molecule has 1 heterocycles. The molecule has 0 saturated carbocycles. The predicted octanol–water partition coefficient (Wildman–Crippen LogP) is 2.00. The molecule has 0 aliphatic rings. The topological polar surface area (TPSA) is 87.6 Å². The molecular weight excluding hydrogens is 250 g/mol. The minimum absolute atomic E-state index is 0.409. The second kappa shape index (κ2) is 5.85. The average Bonchev–Trinajstić information content (AvgIpc) is 2.45. The lowest BCUT2D eigenvalue weighted by molar-refractivity contribution is 0.881. The normalized spacial score (nSPS) is 9.80. The second-order valence-corrected chi connectivity index (χ2v) is 4.42. The van der Waals surface area contributed by atoms with Gasteiger partial charge in [0, 0.05) is 12.6 Å². The van der Waals surface area contributed by atoms with Crippen LogP contribution in [0.2, 0.25) is 0 Å². The molecule has 3 N–H and O–H groups in total. The number of nitrogens with zero attached hydrogens (tertiary/aromatic N) is 3. The van der Waals surface area contributed by atoms with E-state index in [1.54, 1.807) is 6.07 Å². The van der Waals surface area contributed by atoms with Gasteiger partial charge in [-0.3, -0.25) is 0 Å². The summed E-state index contributed by atoms with van der Waals surface area (Å²) in [5.74, 6) is 0.409. The maximum Gasteiger partial charge on any atom is 0.127 e. The van der Waals surface area contributed by atoms with Crippen molar-refractivity contribution in [2.45, 2.75) is 13.5 Å². The Balaban J connectivity index is 2.04. The SMILES string of the molecule is C=C(NCc1ccc(C#N)c(C)c1)c1cc(N)ncn1. The molecule has 0 fully saturated rings. The number of hydrogen-bond donors (Lipinski definition) is 2. The summed E-state index contributed by atoms with van der Waals surface area (Å²) in [5, 5.41) is 12.1. The Morgan fingerprint density at radius 1 is 1.40 bits per heavy atom. The van der Waals surface area contributed by atoms with Crippen molar-refractivity contribution in [3.05, 3.63) is 59.6 Å². The Morgan fingerprint density at radius 3 is 2.85 bits per heavy atom. The highest BCUT2D eigenvalue weighted by Gasteiger charge is 2.03. The zero-order chi connectivity index (χ0) is 14.5. The number of aryl methyl sites for hydroxylation is 1. The molecule has 0 amide bonds. The van der Waals surface area contributed by atoms with Crippen LogP contribution in [-0.2, 0) is 6.54 Å². The van der Waals surface area contributed by atoms with Gasteiger partial charge in [-0.1, -0.05) is 18.7 Å². The number of nitrogens with one attached hydrogen (secondary N) is 1. The number of hydrogen-bond acceptors (Lipinski definition) is 5. The van der Waals surface area contributed by atoms with E-state index in [-0.39, 0.29) is 0 Å². The van der Waals surface area contributed by atoms with Crippen molar-refractivity contribution in [3.63, 3.8) is 0 Å². The minimum Gasteiger partial charge on any atom is -0.384 e. The van der Waals surface area contributed by atoms with Crippen LogP contribution in [0.5, 0.6) is 0 Å². The van der Waals surface area contributed by atoms with Crippen LogP contribution in [0.15, 0.2) is 37.2 Å². The maximum absolute atomic E-state index is 8.90. The van der Waals surface area contributed by atoms with Gasteiger partial charge in [0.15, 0.2) is 0 Å². The van der Waals surface area contributed by atoms with E-state index in [0.29, 0.717) is 29.3 Å². The van der Waals surface area contributed by atoms with Crippen LogP contribution < -0.4 is 11.1 Å². The predicted molar refractivity (Wildman–Crippen MR) is 78.2 cm³/mol. The Hall–Kier alpha value is -2.87. The van der Waals surface area contributed by atoms with Gasteiger partial charge in [0.25, 0.3) is 0 Å². The van der Waals surface area contributed by atoms with Crippen LogP contribution >= 0.6 is 0 Å². The largest absolute Gasteiger partial charge is 0.384 e. The zero-order valence-corrected chi connectivity index (χ0v) is 11.2. The van der Waals surface area contributed by atoms with E-state index in [2.05, 4.69) is 27.9 Å². The van der Waals surface area contributed by atoms with Crippen molar-refractivity contribution >= 4 is 11.5 Å². The lowest BCUT2D eigenvalue weighted by Gasteiger charge is -2.10. The van der Waals surface area contributed by atoms with E-state index in [1.807, 2.05) is 25.1 Å². The van der Waals surface area contributed by atoms with Gasteiger partial charge in [-0.05, 0) is 24.1 Å². The van der Waals surface area contributed by atoms with Crippen LogP contribution in [0.25, 0.3) is 5.70 Å². The van der Waals surface area contributed by atoms with E-state index in [0.717, 1.165) is 11.1 Å². The summed E-state index contributed by atoms with van der Waals surface area (Å²) < 4.78 is 0. The Morgan fingerprint density at radius 2 is 2.20 bits per heavy atom. The summed E-state index contributed by atoms with van der Waals surface area (Å²) >= 11 is 0. The van der Waals surface area contributed by atoms with Gasteiger partial charge in [0.05, 0.1) is 23.0 Å². The number of nitriles is 1. The van der Waals surface area contributed by atoms with E-state index < -0.39 is 0 Å². The highest BCUT2D eigenvalue weighted by molar-refractivity contribution is 5.60. The number of benzene rings is 1. The van der Waals surface area contributed by atoms with Crippen LogP contribution in [0.1, 0.15) is 22.4 Å². The molecule has 20 heavy (non-hydrogen) atoms. The van der Waals surface area contributed by atoms with E-state index in [9.17, 15) is 0 Å². The third-order valence-corrected chi connectivity index (χ3v) is 2.91. The van der Waals surface area contributed by atoms with Crippen molar-refractivity contribution in [3.8, 4) is 6.07 Å². The van der Waals surface area contributed by atoms with E-state index >= 15 is 0 Å². The number of nitrogen functional groups attached to an aromatic ring is 1. The molecule has 0 bridgehead atoms. The van der Waals surface area contributed by atoms with Crippen molar-refractivity contribution in [1.82, 2.24) is 15.3 Å². The molecule has 5 nitrogen and oxygen atoms in total. The molecule has 2 rings (SSSR count). The molecule has 5 heteroatoms. The summed E-state index contributed by atoms with van der Waals surface area (Å²) in [7, 11) is 0. The van der Waals surface area contributed by atoms with E-state index in [4.69, 9.17) is 11.0 Å². The fraction of sp³-hybridized carbons (Fsp3) is 0.133. The van der Waals surface area contributed by atoms with Gasteiger partial charge in [0.2, 0.25) is 0 Å². The molecule has 100 valence electrons. The van der Waals surface area contributed by atoms with Crippen molar-refractivity contribution < 1.29 is 0 Å². The summed E-state index contributed by atoms with van der Waals surface area (Å²) in [4.78, 5) is 7.94. The van der Waals surface area contributed by atoms with Crippen LogP contribution in [0, 0.1) is 18.3 Å². The van der Waals surface area contributed by atoms with Crippen molar-refractivity contribution in [2.75, 3.05) is 5.73 Å². The smallest absolute Gasteiger partial charge is 0.127 e. The molecule has 0 aliphatic heterocycles. The van der Waals surface area contributed by atoms with Gasteiger partial charge in [-0.25, -0.2) is 9.97 Å². The third-order valence-electron chi connectivity index (χ3n) is 2.91. The maximum atomic E-state index is 8.90. The molecule has 0 aliphatic carbocycles. The van der Waals surface area contributed by atoms with E-state index in [1.165, 1.54) is 6.33 Å². The van der Waals surface area contributed by atoms with Crippen LogP contribution in [0.4, 0.5) is 5.82 Å². The fourth-order valence-electron chi connectivity index (χ4n) is 1.80. The third kappa shape index (κ3) is 3.12. The summed E-state index contributed by atoms with van der Waals surface area (Å²) in [6.07, 6.45) is 1.41. The number of nitrogens with two attached hydrogens (primary N) is 1. The van der Waals surface area contributed by atoms with Crippen molar-refractivity contribution in [2.24, 2.45) is 0 Å². The van der Waals surface area contributed by atoms with Gasteiger partial charge in [-0.15, -0.1) is 0 Å². The standard InChI is InChI=1S/C15H15N5/c1-10-5-12(3-4-13(10)7-16)8-18-11(2)14-6-15(17)20-9-19-14/h3-6,9,18H,2,8H2,1H3,(H2,17,19,20). The molecule has 1 aromatic carbocycles.